The van der Waals surface area contributed by atoms with E-state index < -0.39 is 27.4 Å². The number of carboxylic acid groups (broad SMARTS) is 1. The first-order valence-electron chi connectivity index (χ1n) is 11.0. The molecule has 0 saturated heterocycles. The van der Waals surface area contributed by atoms with Gasteiger partial charge in [0.05, 0.1) is 16.3 Å². The summed E-state index contributed by atoms with van der Waals surface area (Å²) >= 11 is 6.65. The largest absolute Gasteiger partial charge is 0.478 e. The van der Waals surface area contributed by atoms with E-state index in [2.05, 4.69) is 0 Å². The van der Waals surface area contributed by atoms with Crippen LogP contribution in [0.25, 0.3) is 11.1 Å². The van der Waals surface area contributed by atoms with Crippen molar-refractivity contribution < 1.29 is 22.7 Å². The lowest BCUT2D eigenvalue weighted by atomic mass is 9.86. The maximum Gasteiger partial charge on any atom is 0.338 e. The van der Waals surface area contributed by atoms with Gasteiger partial charge in [0, 0.05) is 30.9 Å². The molecule has 184 valence electrons. The minimum Gasteiger partial charge on any atom is -0.478 e. The van der Waals surface area contributed by atoms with Crippen molar-refractivity contribution >= 4 is 39.0 Å². The summed E-state index contributed by atoms with van der Waals surface area (Å²) in [6, 6.07) is 15.7. The van der Waals surface area contributed by atoms with Gasteiger partial charge in [-0.25, -0.2) is 17.6 Å². The number of aromatic carboxylic acids is 1. The average Bonchev–Trinajstić information content (AvgIpc) is 2.87. The van der Waals surface area contributed by atoms with Crippen LogP contribution in [0.2, 0.25) is 5.02 Å². The van der Waals surface area contributed by atoms with E-state index in [0.29, 0.717) is 23.4 Å². The third-order valence-electron chi connectivity index (χ3n) is 6.37. The summed E-state index contributed by atoms with van der Waals surface area (Å²) in [7, 11) is -2.40. The Balaban J connectivity index is 2.00. The zero-order chi connectivity index (χ0) is 25.7. The second-order valence-corrected chi connectivity index (χ2v) is 12.0. The Labute approximate surface area is 209 Å². The fraction of sp³-hybridized carbons (Fsp3) is 0.269. The van der Waals surface area contributed by atoms with Crippen LogP contribution < -0.4 is 4.90 Å². The molecule has 1 N–H and O–H groups in total. The van der Waals surface area contributed by atoms with E-state index in [9.17, 15) is 22.7 Å². The molecule has 0 saturated carbocycles. The number of para-hydroxylation sites is 1. The van der Waals surface area contributed by atoms with Crippen LogP contribution in [0.15, 0.2) is 65.6 Å². The summed E-state index contributed by atoms with van der Waals surface area (Å²) in [5, 5.41) is 9.56. The molecular weight excluding hydrogens is 491 g/mol. The van der Waals surface area contributed by atoms with Gasteiger partial charge in [-0.15, -0.1) is 0 Å². The van der Waals surface area contributed by atoms with Gasteiger partial charge in [0.1, 0.15) is 10.7 Å². The second-order valence-electron chi connectivity index (χ2n) is 9.65. The number of hydrogen-bond acceptors (Lipinski definition) is 4. The zero-order valence-corrected chi connectivity index (χ0v) is 21.4. The molecule has 35 heavy (non-hydrogen) atoms. The summed E-state index contributed by atoms with van der Waals surface area (Å²) in [6.07, 6.45) is 0. The number of nitrogens with zero attached hydrogens (tertiary/aromatic N) is 2. The first kappa shape index (κ1) is 25.2. The highest BCUT2D eigenvalue weighted by Crippen LogP contribution is 2.44. The predicted octanol–water partition coefficient (Wildman–Crippen LogP) is 6.03. The van der Waals surface area contributed by atoms with Crippen molar-refractivity contribution in [1.29, 1.82) is 0 Å². The van der Waals surface area contributed by atoms with E-state index in [-0.39, 0.29) is 21.4 Å². The number of rotatable bonds is 3. The van der Waals surface area contributed by atoms with E-state index in [1.54, 1.807) is 13.1 Å². The molecule has 1 aliphatic heterocycles. The van der Waals surface area contributed by atoms with Gasteiger partial charge < -0.3 is 10.0 Å². The molecule has 3 aromatic rings. The Bertz CT molecular complexity index is 1400. The minimum atomic E-state index is -3.97. The normalized spacial score (nSPS) is 18.1. The lowest BCUT2D eigenvalue weighted by Crippen LogP contribution is -2.48. The number of benzene rings is 3. The van der Waals surface area contributed by atoms with Crippen LogP contribution >= 0.6 is 11.6 Å². The number of likely N-dealkylation sites (N-methyl/N-ethyl adjacent to an activating group) is 1. The molecule has 0 fully saturated rings. The monoisotopic (exact) mass is 516 g/mol. The molecule has 9 heteroatoms. The van der Waals surface area contributed by atoms with Crippen molar-refractivity contribution in [1.82, 2.24) is 4.31 Å². The smallest absolute Gasteiger partial charge is 0.338 e. The number of fused-ring (bicyclic) bond motifs is 1. The SMILES string of the molecule is CN1[C@H](C(C)(C)C)CN(c2ccccc2)c2cc(Cl)c(-c3ccc(F)c(C(=O)O)c3)cc2S1(=O)=O. The van der Waals surface area contributed by atoms with Crippen molar-refractivity contribution in [2.75, 3.05) is 18.5 Å². The third-order valence-corrected chi connectivity index (χ3v) is 8.57. The average molecular weight is 517 g/mol. The lowest BCUT2D eigenvalue weighted by molar-refractivity contribution is 0.0692. The van der Waals surface area contributed by atoms with Gasteiger partial charge in [0.15, 0.2) is 0 Å². The van der Waals surface area contributed by atoms with Gasteiger partial charge >= 0.3 is 5.97 Å². The number of halogens is 2. The highest BCUT2D eigenvalue weighted by Gasteiger charge is 2.42. The van der Waals surface area contributed by atoms with E-state index in [4.69, 9.17) is 11.6 Å². The maximum atomic E-state index is 14.0. The Morgan fingerprint density at radius 3 is 2.34 bits per heavy atom. The van der Waals surface area contributed by atoms with E-state index in [1.165, 1.54) is 16.4 Å². The number of anilines is 2. The van der Waals surface area contributed by atoms with Gasteiger partial charge in [0.25, 0.3) is 0 Å². The third kappa shape index (κ3) is 4.53. The fourth-order valence-electron chi connectivity index (χ4n) is 4.42. The standard InChI is InChI=1S/C26H26ClFN2O4S/c1-26(2,3)24-15-30(17-8-6-5-7-9-17)22-14-20(27)18(13-23(22)35(33,34)29(24)4)16-10-11-21(28)19(12-16)25(31)32/h5-14,24H,15H2,1-4H3,(H,31,32)/t24-/m0/s1. The van der Waals surface area contributed by atoms with Gasteiger partial charge in [-0.3, -0.25) is 0 Å². The number of carboxylic acids is 1. The summed E-state index contributed by atoms with van der Waals surface area (Å²) in [6.45, 7) is 6.37. The number of carbonyl (C=O) groups is 1. The van der Waals surface area contributed by atoms with Gasteiger partial charge in [0.2, 0.25) is 10.0 Å². The van der Waals surface area contributed by atoms with Crippen LogP contribution in [0, 0.1) is 11.2 Å². The Morgan fingerprint density at radius 1 is 1.09 bits per heavy atom. The molecule has 3 aromatic carbocycles. The molecule has 0 radical (unpaired) electrons. The summed E-state index contributed by atoms with van der Waals surface area (Å²) in [5.41, 5.74) is 0.935. The van der Waals surface area contributed by atoms with Gasteiger partial charge in [-0.2, -0.15) is 4.31 Å². The van der Waals surface area contributed by atoms with Crippen molar-refractivity contribution in [3.63, 3.8) is 0 Å². The number of sulfonamides is 1. The molecule has 4 rings (SSSR count). The first-order chi connectivity index (χ1) is 16.3. The fourth-order valence-corrected chi connectivity index (χ4v) is 6.41. The maximum absolute atomic E-state index is 14.0. The van der Waals surface area contributed by atoms with Crippen LogP contribution in [0.1, 0.15) is 31.1 Å². The molecular formula is C26H26ClFN2O4S. The molecule has 1 aliphatic rings. The van der Waals surface area contributed by atoms with Crippen molar-refractivity contribution in [3.05, 3.63) is 77.1 Å². The molecule has 1 heterocycles. The van der Waals surface area contributed by atoms with Crippen LogP contribution in [0.3, 0.4) is 0 Å². The minimum absolute atomic E-state index is 0.0382. The highest BCUT2D eigenvalue weighted by molar-refractivity contribution is 7.89. The Kier molecular flexibility index (Phi) is 6.42. The zero-order valence-electron chi connectivity index (χ0n) is 19.8. The van der Waals surface area contributed by atoms with Crippen molar-refractivity contribution in [3.8, 4) is 11.1 Å². The topological polar surface area (TPSA) is 77.9 Å². The van der Waals surface area contributed by atoms with Gasteiger partial charge in [-0.1, -0.05) is 56.6 Å². The van der Waals surface area contributed by atoms with Crippen molar-refractivity contribution in [2.45, 2.75) is 31.7 Å². The molecule has 0 aliphatic carbocycles. The first-order valence-corrected chi connectivity index (χ1v) is 12.8. The molecule has 6 nitrogen and oxygen atoms in total. The molecule has 0 bridgehead atoms. The Hall–Kier alpha value is -2.94. The summed E-state index contributed by atoms with van der Waals surface area (Å²) in [4.78, 5) is 13.4. The van der Waals surface area contributed by atoms with E-state index >= 15 is 0 Å². The molecule has 0 unspecified atom stereocenters. The summed E-state index contributed by atoms with van der Waals surface area (Å²) < 4.78 is 43.2. The Morgan fingerprint density at radius 2 is 1.74 bits per heavy atom. The predicted molar refractivity (Wildman–Crippen MR) is 135 cm³/mol. The number of hydrogen-bond donors (Lipinski definition) is 1. The second kappa shape index (κ2) is 8.93. The van der Waals surface area contributed by atoms with Crippen LogP contribution in [0.5, 0.6) is 0 Å². The van der Waals surface area contributed by atoms with E-state index in [0.717, 1.165) is 17.8 Å². The summed E-state index contributed by atoms with van der Waals surface area (Å²) in [5.74, 6) is -2.31. The molecule has 0 amide bonds. The molecule has 0 aromatic heterocycles. The van der Waals surface area contributed by atoms with Crippen molar-refractivity contribution in [2.24, 2.45) is 5.41 Å². The highest BCUT2D eigenvalue weighted by atomic mass is 35.5. The molecule has 1 atom stereocenters. The quantitative estimate of drug-likeness (QED) is 0.460. The van der Waals surface area contributed by atoms with Crippen LogP contribution in [-0.2, 0) is 10.0 Å². The van der Waals surface area contributed by atoms with Crippen LogP contribution in [-0.4, -0.2) is 43.4 Å². The lowest BCUT2D eigenvalue weighted by Gasteiger charge is -2.38. The van der Waals surface area contributed by atoms with Gasteiger partial charge in [-0.05, 0) is 47.4 Å². The van der Waals surface area contributed by atoms with E-state index in [1.807, 2.05) is 56.0 Å². The molecule has 0 spiro atoms. The van der Waals surface area contributed by atoms with Crippen LogP contribution in [0.4, 0.5) is 15.8 Å².